The molecule has 0 spiro atoms. The molecule has 0 aliphatic rings. The molecule has 18 heavy (non-hydrogen) atoms. The molecule has 8 heteroatoms. The van der Waals surface area contributed by atoms with Gasteiger partial charge >= 0.3 is 18.5 Å². The van der Waals surface area contributed by atoms with E-state index in [1.807, 2.05) is 0 Å². The van der Waals surface area contributed by atoms with Crippen molar-refractivity contribution in [3.8, 4) is 0 Å². The molecule has 0 nitrogen and oxygen atoms in total. The van der Waals surface area contributed by atoms with E-state index < -0.39 is 37.5 Å². The first kappa shape index (κ1) is 17.4. The van der Waals surface area contributed by atoms with Gasteiger partial charge in [0.05, 0.1) is 0 Å². The van der Waals surface area contributed by atoms with Crippen LogP contribution in [0.2, 0.25) is 0 Å². The second-order valence-corrected chi connectivity index (χ2v) is 4.01. The summed E-state index contributed by atoms with van der Waals surface area (Å²) in [6, 6.07) is 0. The quantitative estimate of drug-likeness (QED) is 0.429. The molecule has 1 atom stereocenters. The van der Waals surface area contributed by atoms with Gasteiger partial charge in [0.1, 0.15) is 0 Å². The van der Waals surface area contributed by atoms with Gasteiger partial charge in [-0.05, 0) is 12.8 Å². The number of hydrogen-bond donors (Lipinski definition) is 0. The van der Waals surface area contributed by atoms with Gasteiger partial charge < -0.3 is 0 Å². The van der Waals surface area contributed by atoms with Crippen LogP contribution in [0.5, 0.6) is 0 Å². The zero-order valence-electron chi connectivity index (χ0n) is 9.42. The van der Waals surface area contributed by atoms with Gasteiger partial charge in [-0.2, -0.15) is 22.0 Å². The number of halogens is 8. The van der Waals surface area contributed by atoms with Gasteiger partial charge in [0, 0.05) is 6.42 Å². The topological polar surface area (TPSA) is 0 Å². The van der Waals surface area contributed by atoms with Crippen LogP contribution in [0, 0.1) is 0 Å². The zero-order valence-corrected chi connectivity index (χ0v) is 9.42. The van der Waals surface area contributed by atoms with E-state index in [2.05, 4.69) is 0 Å². The van der Waals surface area contributed by atoms with E-state index in [0.717, 1.165) is 0 Å². The van der Waals surface area contributed by atoms with Crippen LogP contribution >= 0.6 is 0 Å². The van der Waals surface area contributed by atoms with Gasteiger partial charge in [0.15, 0.2) is 6.17 Å². The van der Waals surface area contributed by atoms with E-state index in [1.54, 1.807) is 0 Å². The zero-order chi connectivity index (χ0) is 14.4. The average molecular weight is 286 g/mol. The maximum absolute atomic E-state index is 12.7. The Morgan fingerprint density at radius 3 is 1.67 bits per heavy atom. The van der Waals surface area contributed by atoms with Crippen LogP contribution in [-0.2, 0) is 0 Å². The Hall–Kier alpha value is -0.560. The molecule has 0 saturated heterocycles. The molecule has 110 valence electrons. The van der Waals surface area contributed by atoms with Gasteiger partial charge in [-0.25, -0.2) is 13.2 Å². The Balaban J connectivity index is 3.67. The van der Waals surface area contributed by atoms with Crippen LogP contribution in [0.25, 0.3) is 0 Å². The fourth-order valence-electron chi connectivity index (χ4n) is 1.33. The molecule has 0 aromatic heterocycles. The Morgan fingerprint density at radius 2 is 1.22 bits per heavy atom. The maximum Gasteiger partial charge on any atom is 0.389 e. The molecule has 0 aromatic rings. The number of unbranched alkanes of at least 4 members (excludes halogenated alkanes) is 3. The molecule has 0 saturated carbocycles. The van der Waals surface area contributed by atoms with E-state index in [4.69, 9.17) is 0 Å². The summed E-state index contributed by atoms with van der Waals surface area (Å²) in [5, 5.41) is 0. The van der Waals surface area contributed by atoms with E-state index >= 15 is 0 Å². The summed E-state index contributed by atoms with van der Waals surface area (Å²) >= 11 is 0. The largest absolute Gasteiger partial charge is 0.389 e. The summed E-state index contributed by atoms with van der Waals surface area (Å²) in [4.78, 5) is 0. The van der Waals surface area contributed by atoms with Crippen molar-refractivity contribution < 1.29 is 35.1 Å². The van der Waals surface area contributed by atoms with Crippen LogP contribution in [0.1, 0.15) is 38.5 Å². The van der Waals surface area contributed by atoms with E-state index in [-0.39, 0.29) is 25.7 Å². The molecule has 0 aliphatic carbocycles. The standard InChI is InChI=1S/C10H14F8/c11-7(10(17,18)8(12)13)5-3-1-2-4-6-9(14,15)16/h7-8H,1-6H2. The number of alkyl halides is 8. The summed E-state index contributed by atoms with van der Waals surface area (Å²) in [6.07, 6.45) is -13.2. The summed E-state index contributed by atoms with van der Waals surface area (Å²) in [5.74, 6) is -4.69. The third-order valence-electron chi connectivity index (χ3n) is 2.38. The van der Waals surface area contributed by atoms with Crippen LogP contribution in [0.4, 0.5) is 35.1 Å². The molecule has 0 amide bonds. The molecule has 0 fully saturated rings. The predicted octanol–water partition coefficient (Wildman–Crippen LogP) is 5.13. The van der Waals surface area contributed by atoms with Gasteiger partial charge in [-0.3, -0.25) is 0 Å². The van der Waals surface area contributed by atoms with Crippen molar-refractivity contribution in [3.05, 3.63) is 0 Å². The molecular formula is C10H14F8. The van der Waals surface area contributed by atoms with Crippen LogP contribution in [0.3, 0.4) is 0 Å². The molecular weight excluding hydrogens is 272 g/mol. The lowest BCUT2D eigenvalue weighted by atomic mass is 10.0. The fraction of sp³-hybridized carbons (Fsp3) is 1.00. The summed E-state index contributed by atoms with van der Waals surface area (Å²) in [5.41, 5.74) is 0. The molecule has 0 N–H and O–H groups in total. The third kappa shape index (κ3) is 7.00. The van der Waals surface area contributed by atoms with Crippen LogP contribution < -0.4 is 0 Å². The lowest BCUT2D eigenvalue weighted by Gasteiger charge is -2.19. The minimum atomic E-state index is -4.69. The highest BCUT2D eigenvalue weighted by molar-refractivity contribution is 4.79. The van der Waals surface area contributed by atoms with Crippen molar-refractivity contribution >= 4 is 0 Å². The monoisotopic (exact) mass is 286 g/mol. The smallest absolute Gasteiger partial charge is 0.241 e. The molecule has 0 radical (unpaired) electrons. The minimum absolute atomic E-state index is 0.104. The second-order valence-electron chi connectivity index (χ2n) is 4.01. The average Bonchev–Trinajstić information content (AvgIpc) is 2.20. The first-order chi connectivity index (χ1) is 8.07. The van der Waals surface area contributed by atoms with E-state index in [1.165, 1.54) is 0 Å². The first-order valence-corrected chi connectivity index (χ1v) is 5.44. The molecule has 0 heterocycles. The minimum Gasteiger partial charge on any atom is -0.241 e. The molecule has 0 bridgehead atoms. The molecule has 0 rings (SSSR count). The van der Waals surface area contributed by atoms with E-state index in [9.17, 15) is 35.1 Å². The van der Waals surface area contributed by atoms with Crippen molar-refractivity contribution in [1.82, 2.24) is 0 Å². The SMILES string of the molecule is FC(F)C(F)(F)C(F)CCCCCCC(F)(F)F. The highest BCUT2D eigenvalue weighted by Crippen LogP contribution is 2.32. The maximum atomic E-state index is 12.7. The van der Waals surface area contributed by atoms with E-state index in [0.29, 0.717) is 0 Å². The predicted molar refractivity (Wildman–Crippen MR) is 49.6 cm³/mol. The molecule has 0 aliphatic heterocycles. The van der Waals surface area contributed by atoms with Crippen LogP contribution in [-0.4, -0.2) is 24.7 Å². The summed E-state index contributed by atoms with van der Waals surface area (Å²) in [6.45, 7) is 0. The van der Waals surface area contributed by atoms with Crippen molar-refractivity contribution in [2.45, 2.75) is 63.2 Å². The highest BCUT2D eigenvalue weighted by atomic mass is 19.4. The van der Waals surface area contributed by atoms with Gasteiger partial charge in [0.2, 0.25) is 0 Å². The normalized spacial score (nSPS) is 15.2. The van der Waals surface area contributed by atoms with Crippen molar-refractivity contribution in [2.24, 2.45) is 0 Å². The van der Waals surface area contributed by atoms with Gasteiger partial charge in [-0.1, -0.05) is 19.3 Å². The van der Waals surface area contributed by atoms with Crippen molar-refractivity contribution in [1.29, 1.82) is 0 Å². The lowest BCUT2D eigenvalue weighted by molar-refractivity contribution is -0.172. The number of rotatable bonds is 8. The Kier molecular flexibility index (Phi) is 6.91. The second kappa shape index (κ2) is 7.13. The van der Waals surface area contributed by atoms with Gasteiger partial charge in [-0.15, -0.1) is 0 Å². The highest BCUT2D eigenvalue weighted by Gasteiger charge is 2.48. The third-order valence-corrected chi connectivity index (χ3v) is 2.38. The van der Waals surface area contributed by atoms with Crippen molar-refractivity contribution in [3.63, 3.8) is 0 Å². The van der Waals surface area contributed by atoms with Crippen LogP contribution in [0.15, 0.2) is 0 Å². The summed E-state index contributed by atoms with van der Waals surface area (Å²) in [7, 11) is 0. The number of hydrogen-bond acceptors (Lipinski definition) is 0. The Morgan fingerprint density at radius 1 is 0.722 bits per heavy atom. The first-order valence-electron chi connectivity index (χ1n) is 5.44. The van der Waals surface area contributed by atoms with Gasteiger partial charge in [0.25, 0.3) is 0 Å². The molecule has 0 aromatic carbocycles. The fourth-order valence-corrected chi connectivity index (χ4v) is 1.33. The lowest BCUT2D eigenvalue weighted by Crippen LogP contribution is -2.37. The Labute approximate surface area is 99.3 Å². The Bertz CT molecular complexity index is 222. The molecule has 1 unspecified atom stereocenters. The van der Waals surface area contributed by atoms with Crippen molar-refractivity contribution in [2.75, 3.05) is 0 Å². The summed E-state index contributed by atoms with van der Waals surface area (Å²) < 4.78 is 96.0.